The van der Waals surface area contributed by atoms with Gasteiger partial charge in [-0.15, -0.1) is 11.3 Å². The quantitative estimate of drug-likeness (QED) is 0.892. The zero-order valence-electron chi connectivity index (χ0n) is 8.71. The predicted molar refractivity (Wildman–Crippen MR) is 64.1 cm³/mol. The molecule has 16 heavy (non-hydrogen) atoms. The molecule has 0 atom stereocenters. The van der Waals surface area contributed by atoms with E-state index in [0.29, 0.717) is 5.13 Å². The first-order valence-corrected chi connectivity index (χ1v) is 5.78. The lowest BCUT2D eigenvalue weighted by atomic mass is 10.4. The Labute approximate surface area is 101 Å². The molecule has 0 saturated carbocycles. The highest BCUT2D eigenvalue weighted by atomic mass is 35.5. The van der Waals surface area contributed by atoms with E-state index in [0.717, 1.165) is 10.6 Å². The third-order valence-corrected chi connectivity index (χ3v) is 3.26. The van der Waals surface area contributed by atoms with E-state index in [2.05, 4.69) is 15.3 Å². The second-order valence-electron chi connectivity index (χ2n) is 3.27. The number of thiazole rings is 1. The highest BCUT2D eigenvalue weighted by Crippen LogP contribution is 2.25. The maximum absolute atomic E-state index is 13.4. The van der Waals surface area contributed by atoms with Crippen molar-refractivity contribution in [2.24, 2.45) is 0 Å². The number of nitrogens with zero attached hydrogens (tertiary/aromatic N) is 2. The summed E-state index contributed by atoms with van der Waals surface area (Å²) in [4.78, 5) is 9.19. The first-order valence-electron chi connectivity index (χ1n) is 4.58. The Bertz CT molecular complexity index is 507. The van der Waals surface area contributed by atoms with Crippen molar-refractivity contribution in [2.75, 3.05) is 5.32 Å². The van der Waals surface area contributed by atoms with Gasteiger partial charge in [0.1, 0.15) is 0 Å². The molecule has 2 aromatic rings. The zero-order chi connectivity index (χ0) is 11.7. The minimum atomic E-state index is -0.488. The highest BCUT2D eigenvalue weighted by molar-refractivity contribution is 7.15. The average molecular weight is 258 g/mol. The monoisotopic (exact) mass is 257 g/mol. The van der Waals surface area contributed by atoms with Crippen molar-refractivity contribution in [1.29, 1.82) is 0 Å². The number of anilines is 2. The average Bonchev–Trinajstić information content (AvgIpc) is 2.51. The van der Waals surface area contributed by atoms with E-state index < -0.39 is 5.82 Å². The molecule has 2 rings (SSSR count). The number of aromatic nitrogens is 2. The van der Waals surface area contributed by atoms with Gasteiger partial charge in [0.25, 0.3) is 0 Å². The fourth-order valence-corrected chi connectivity index (χ4v) is 2.09. The first kappa shape index (κ1) is 11.3. The molecule has 2 aromatic heterocycles. The van der Waals surface area contributed by atoms with E-state index >= 15 is 0 Å². The summed E-state index contributed by atoms with van der Waals surface area (Å²) in [6.07, 6.45) is 1.39. The molecule has 0 saturated heterocycles. The zero-order valence-corrected chi connectivity index (χ0v) is 10.3. The molecule has 0 unspecified atom stereocenters. The maximum atomic E-state index is 13.4. The Morgan fingerprint density at radius 1 is 1.44 bits per heavy atom. The summed E-state index contributed by atoms with van der Waals surface area (Å²) in [7, 11) is 0. The number of rotatable bonds is 2. The smallest absolute Gasteiger partial charge is 0.188 e. The van der Waals surface area contributed by atoms with Gasteiger partial charge >= 0.3 is 0 Å². The van der Waals surface area contributed by atoms with Gasteiger partial charge in [0.05, 0.1) is 10.7 Å². The van der Waals surface area contributed by atoms with Gasteiger partial charge in [-0.3, -0.25) is 0 Å². The molecular weight excluding hydrogens is 249 g/mol. The van der Waals surface area contributed by atoms with Gasteiger partial charge in [-0.1, -0.05) is 11.6 Å². The Balaban J connectivity index is 2.27. The van der Waals surface area contributed by atoms with Gasteiger partial charge in [-0.05, 0) is 19.9 Å². The molecule has 0 aliphatic rings. The molecule has 0 amide bonds. The fourth-order valence-electron chi connectivity index (χ4n) is 1.13. The standard InChI is InChI=1S/C10H9ClFN3S/c1-5-6(2)16-10(14-5)15-9-8(12)3-7(11)4-13-9/h3-4H,1-2H3,(H,13,14,15). The summed E-state index contributed by atoms with van der Waals surface area (Å²) < 4.78 is 13.4. The van der Waals surface area contributed by atoms with E-state index in [9.17, 15) is 4.39 Å². The number of pyridine rings is 1. The van der Waals surface area contributed by atoms with Crippen LogP contribution >= 0.6 is 22.9 Å². The van der Waals surface area contributed by atoms with Gasteiger partial charge in [0.2, 0.25) is 0 Å². The van der Waals surface area contributed by atoms with Crippen LogP contribution in [0.2, 0.25) is 5.02 Å². The summed E-state index contributed by atoms with van der Waals surface area (Å²) in [5, 5.41) is 3.72. The van der Waals surface area contributed by atoms with Crippen molar-refractivity contribution in [3.8, 4) is 0 Å². The number of hydrogen-bond acceptors (Lipinski definition) is 4. The van der Waals surface area contributed by atoms with Gasteiger partial charge in [0.15, 0.2) is 16.8 Å². The molecular formula is C10H9ClFN3S. The molecule has 1 N–H and O–H groups in total. The topological polar surface area (TPSA) is 37.8 Å². The first-order chi connectivity index (χ1) is 7.56. The van der Waals surface area contributed by atoms with E-state index in [1.165, 1.54) is 23.6 Å². The van der Waals surface area contributed by atoms with Gasteiger partial charge in [-0.25, -0.2) is 14.4 Å². The van der Waals surface area contributed by atoms with Gasteiger partial charge in [-0.2, -0.15) is 0 Å². The third-order valence-electron chi connectivity index (χ3n) is 2.06. The fraction of sp³-hybridized carbons (Fsp3) is 0.200. The molecule has 0 aliphatic heterocycles. The minimum absolute atomic E-state index is 0.137. The highest BCUT2D eigenvalue weighted by Gasteiger charge is 2.08. The van der Waals surface area contributed by atoms with Gasteiger partial charge < -0.3 is 5.32 Å². The Morgan fingerprint density at radius 2 is 2.19 bits per heavy atom. The summed E-state index contributed by atoms with van der Waals surface area (Å²) in [5.74, 6) is -0.351. The van der Waals surface area contributed by atoms with Crippen LogP contribution in [-0.2, 0) is 0 Å². The molecule has 0 aliphatic carbocycles. The second-order valence-corrected chi connectivity index (χ2v) is 4.91. The van der Waals surface area contributed by atoms with Crippen LogP contribution in [0.15, 0.2) is 12.3 Å². The van der Waals surface area contributed by atoms with E-state index in [-0.39, 0.29) is 10.8 Å². The lowest BCUT2D eigenvalue weighted by Crippen LogP contribution is -1.96. The summed E-state index contributed by atoms with van der Waals surface area (Å²) in [6.45, 7) is 3.87. The van der Waals surface area contributed by atoms with Crippen molar-refractivity contribution in [3.63, 3.8) is 0 Å². The normalized spacial score (nSPS) is 10.5. The largest absolute Gasteiger partial charge is 0.314 e. The van der Waals surface area contributed by atoms with E-state index in [1.807, 2.05) is 13.8 Å². The number of nitrogens with one attached hydrogen (secondary N) is 1. The van der Waals surface area contributed by atoms with Crippen molar-refractivity contribution in [2.45, 2.75) is 13.8 Å². The SMILES string of the molecule is Cc1nc(Nc2ncc(Cl)cc2F)sc1C. The van der Waals surface area contributed by atoms with Gasteiger partial charge in [0, 0.05) is 11.1 Å². The molecule has 3 nitrogen and oxygen atoms in total. The molecule has 0 fully saturated rings. The van der Waals surface area contributed by atoms with Crippen molar-refractivity contribution >= 4 is 33.9 Å². The van der Waals surface area contributed by atoms with Crippen LogP contribution in [0.1, 0.15) is 10.6 Å². The van der Waals surface area contributed by atoms with Crippen LogP contribution in [0.25, 0.3) is 0 Å². The van der Waals surface area contributed by atoms with Crippen LogP contribution in [0.3, 0.4) is 0 Å². The van der Waals surface area contributed by atoms with Crippen molar-refractivity contribution in [3.05, 3.63) is 33.7 Å². The molecule has 0 radical (unpaired) electrons. The summed E-state index contributed by atoms with van der Waals surface area (Å²) >= 11 is 7.07. The summed E-state index contributed by atoms with van der Waals surface area (Å²) in [6, 6.07) is 1.21. The molecule has 0 spiro atoms. The molecule has 6 heteroatoms. The van der Waals surface area contributed by atoms with Crippen molar-refractivity contribution in [1.82, 2.24) is 9.97 Å². The van der Waals surface area contributed by atoms with E-state index in [4.69, 9.17) is 11.6 Å². The molecule has 84 valence electrons. The van der Waals surface area contributed by atoms with Crippen LogP contribution < -0.4 is 5.32 Å². The number of aryl methyl sites for hydroxylation is 2. The van der Waals surface area contributed by atoms with Crippen LogP contribution in [0.4, 0.5) is 15.3 Å². The lowest BCUT2D eigenvalue weighted by Gasteiger charge is -2.02. The third kappa shape index (κ3) is 2.31. The summed E-state index contributed by atoms with van der Waals surface area (Å²) in [5.41, 5.74) is 0.932. The predicted octanol–water partition coefficient (Wildman–Crippen LogP) is 3.69. The lowest BCUT2D eigenvalue weighted by molar-refractivity contribution is 0.626. The van der Waals surface area contributed by atoms with Crippen LogP contribution in [-0.4, -0.2) is 9.97 Å². The second kappa shape index (κ2) is 4.35. The van der Waals surface area contributed by atoms with Crippen molar-refractivity contribution < 1.29 is 4.39 Å². The maximum Gasteiger partial charge on any atom is 0.188 e. The number of hydrogen-bond donors (Lipinski definition) is 1. The molecule has 2 heterocycles. The minimum Gasteiger partial charge on any atom is -0.314 e. The van der Waals surface area contributed by atoms with E-state index in [1.54, 1.807) is 0 Å². The Morgan fingerprint density at radius 3 is 2.75 bits per heavy atom. The molecule has 0 aromatic carbocycles. The Hall–Kier alpha value is -1.20. The van der Waals surface area contributed by atoms with Crippen LogP contribution in [0, 0.1) is 19.7 Å². The Kier molecular flexibility index (Phi) is 3.07. The van der Waals surface area contributed by atoms with Crippen LogP contribution in [0.5, 0.6) is 0 Å². The molecule has 0 bridgehead atoms. The number of halogens is 2.